The average Bonchev–Trinajstić information content (AvgIpc) is 3.38. The van der Waals surface area contributed by atoms with Gasteiger partial charge >= 0.3 is 6.18 Å². The molecular weight excluding hydrogens is 559 g/mol. The van der Waals surface area contributed by atoms with Gasteiger partial charge in [-0.15, -0.1) is 11.3 Å². The monoisotopic (exact) mass is 585 g/mol. The molecule has 12 heteroatoms. The topological polar surface area (TPSA) is 78.5 Å². The minimum Gasteiger partial charge on any atom is -0.347 e. The van der Waals surface area contributed by atoms with Gasteiger partial charge in [0.05, 0.1) is 12.1 Å². The lowest BCUT2D eigenvalue weighted by molar-refractivity contribution is -0.137. The molecule has 1 aliphatic heterocycles. The van der Waals surface area contributed by atoms with Gasteiger partial charge in [-0.3, -0.25) is 4.79 Å². The standard InChI is InChI=1S/C26H27ClF3N3O3S2/c27-22-9-5-20(6-10-22)25(34)32-16-23-11-12-24(37-23)38(35,36)33-13-1-2-19(17-33)15-31-14-18-3-7-21(8-4-18)26(28,29)30/h3-12,19,31H,1-2,13-17H2,(H,32,34). The van der Waals surface area contributed by atoms with Gasteiger partial charge in [0.15, 0.2) is 0 Å². The molecule has 1 atom stereocenters. The van der Waals surface area contributed by atoms with Gasteiger partial charge in [0, 0.05) is 35.1 Å². The molecule has 4 rings (SSSR count). The van der Waals surface area contributed by atoms with Crippen molar-refractivity contribution in [2.24, 2.45) is 5.92 Å². The predicted molar refractivity (Wildman–Crippen MR) is 142 cm³/mol. The lowest BCUT2D eigenvalue weighted by Crippen LogP contribution is -2.42. The van der Waals surface area contributed by atoms with Crippen molar-refractivity contribution in [2.45, 2.75) is 36.3 Å². The highest BCUT2D eigenvalue weighted by Crippen LogP contribution is 2.30. The Morgan fingerprint density at radius 2 is 1.74 bits per heavy atom. The van der Waals surface area contributed by atoms with Crippen LogP contribution in [0, 0.1) is 5.92 Å². The predicted octanol–water partition coefficient (Wildman–Crippen LogP) is 5.54. The third-order valence-electron chi connectivity index (χ3n) is 6.29. The first-order valence-electron chi connectivity index (χ1n) is 12.0. The van der Waals surface area contributed by atoms with Crippen LogP contribution in [-0.2, 0) is 29.3 Å². The molecule has 0 spiro atoms. The molecule has 1 amide bonds. The van der Waals surface area contributed by atoms with Gasteiger partial charge < -0.3 is 10.6 Å². The van der Waals surface area contributed by atoms with E-state index < -0.39 is 21.8 Å². The molecule has 1 unspecified atom stereocenters. The zero-order chi connectivity index (χ0) is 27.3. The van der Waals surface area contributed by atoms with E-state index in [-0.39, 0.29) is 22.6 Å². The molecule has 2 heterocycles. The number of hydrogen-bond acceptors (Lipinski definition) is 5. The van der Waals surface area contributed by atoms with Crippen LogP contribution in [0.15, 0.2) is 64.9 Å². The summed E-state index contributed by atoms with van der Waals surface area (Å²) in [6.45, 7) is 1.95. The second kappa shape index (κ2) is 12.2. The fraction of sp³-hybridized carbons (Fsp3) is 0.346. The molecule has 204 valence electrons. The summed E-state index contributed by atoms with van der Waals surface area (Å²) in [6, 6.07) is 14.8. The van der Waals surface area contributed by atoms with Crippen LogP contribution >= 0.6 is 22.9 Å². The van der Waals surface area contributed by atoms with Crippen molar-refractivity contribution in [3.63, 3.8) is 0 Å². The number of carbonyl (C=O) groups is 1. The Hall–Kier alpha value is -2.44. The minimum atomic E-state index is -4.36. The molecule has 6 nitrogen and oxygen atoms in total. The first-order valence-corrected chi connectivity index (χ1v) is 14.7. The number of amides is 1. The van der Waals surface area contributed by atoms with Crippen molar-refractivity contribution in [1.82, 2.24) is 14.9 Å². The highest BCUT2D eigenvalue weighted by molar-refractivity contribution is 7.91. The number of halogens is 4. The van der Waals surface area contributed by atoms with Crippen LogP contribution < -0.4 is 10.6 Å². The van der Waals surface area contributed by atoms with E-state index in [0.29, 0.717) is 36.8 Å². The summed E-state index contributed by atoms with van der Waals surface area (Å²) < 4.78 is 66.4. The van der Waals surface area contributed by atoms with Crippen molar-refractivity contribution in [1.29, 1.82) is 0 Å². The second-order valence-corrected chi connectivity index (χ2v) is 12.9. The Bertz CT molecular complexity index is 1340. The van der Waals surface area contributed by atoms with Crippen LogP contribution in [0.1, 0.15) is 39.2 Å². The summed E-state index contributed by atoms with van der Waals surface area (Å²) in [5, 5.41) is 6.56. The van der Waals surface area contributed by atoms with Crippen LogP contribution in [0.5, 0.6) is 0 Å². The lowest BCUT2D eigenvalue weighted by atomic mass is 9.99. The number of thiophene rings is 1. The second-order valence-electron chi connectivity index (χ2n) is 9.11. The Labute approximate surface area is 228 Å². The van der Waals surface area contributed by atoms with Gasteiger partial charge in [0.1, 0.15) is 4.21 Å². The summed E-state index contributed by atoms with van der Waals surface area (Å²) in [4.78, 5) is 13.0. The number of nitrogens with zero attached hydrogens (tertiary/aromatic N) is 1. The van der Waals surface area contributed by atoms with E-state index in [1.807, 2.05) is 0 Å². The molecule has 0 saturated carbocycles. The maximum absolute atomic E-state index is 13.3. The van der Waals surface area contributed by atoms with Crippen LogP contribution in [0.3, 0.4) is 0 Å². The highest BCUT2D eigenvalue weighted by Gasteiger charge is 2.32. The minimum absolute atomic E-state index is 0.0890. The molecular formula is C26H27ClF3N3O3S2. The van der Waals surface area contributed by atoms with Crippen molar-refractivity contribution in [2.75, 3.05) is 19.6 Å². The third kappa shape index (κ3) is 7.35. The molecule has 3 aromatic rings. The smallest absolute Gasteiger partial charge is 0.347 e. The lowest BCUT2D eigenvalue weighted by Gasteiger charge is -2.31. The van der Waals surface area contributed by atoms with E-state index in [2.05, 4.69) is 10.6 Å². The van der Waals surface area contributed by atoms with Crippen LogP contribution in [-0.4, -0.2) is 38.3 Å². The third-order valence-corrected chi connectivity index (χ3v) is 9.96. The number of carbonyl (C=O) groups excluding carboxylic acids is 1. The number of rotatable bonds is 9. The molecule has 2 aromatic carbocycles. The zero-order valence-electron chi connectivity index (χ0n) is 20.3. The summed E-state index contributed by atoms with van der Waals surface area (Å²) in [6.07, 6.45) is -2.78. The normalized spacial score (nSPS) is 16.9. The molecule has 1 fully saturated rings. The van der Waals surface area contributed by atoms with E-state index in [9.17, 15) is 26.4 Å². The molecule has 38 heavy (non-hydrogen) atoms. The maximum Gasteiger partial charge on any atom is 0.416 e. The van der Waals surface area contributed by atoms with E-state index >= 15 is 0 Å². The SMILES string of the molecule is O=C(NCc1ccc(S(=O)(=O)N2CCCC(CNCc3ccc(C(F)(F)F)cc3)C2)s1)c1ccc(Cl)cc1. The molecule has 0 aliphatic carbocycles. The van der Waals surface area contributed by atoms with Crippen molar-refractivity contribution < 1.29 is 26.4 Å². The Kier molecular flexibility index (Phi) is 9.15. The molecule has 0 bridgehead atoms. The summed E-state index contributed by atoms with van der Waals surface area (Å²) in [5.41, 5.74) is 0.507. The first kappa shape index (κ1) is 28.6. The molecule has 1 saturated heterocycles. The maximum atomic E-state index is 13.3. The van der Waals surface area contributed by atoms with Gasteiger partial charge in [-0.05, 0) is 79.4 Å². The van der Waals surface area contributed by atoms with E-state index in [0.717, 1.165) is 46.8 Å². The van der Waals surface area contributed by atoms with Gasteiger partial charge in [0.2, 0.25) is 0 Å². The number of hydrogen-bond donors (Lipinski definition) is 2. The fourth-order valence-corrected chi connectivity index (χ4v) is 7.36. The number of alkyl halides is 3. The number of piperidine rings is 1. The largest absolute Gasteiger partial charge is 0.416 e. The molecule has 1 aliphatic rings. The number of benzene rings is 2. The highest BCUT2D eigenvalue weighted by atomic mass is 35.5. The van der Waals surface area contributed by atoms with E-state index in [4.69, 9.17) is 11.6 Å². The van der Waals surface area contributed by atoms with Gasteiger partial charge in [0.25, 0.3) is 15.9 Å². The molecule has 1 aromatic heterocycles. The Morgan fingerprint density at radius 1 is 1.03 bits per heavy atom. The van der Waals surface area contributed by atoms with Crippen molar-refractivity contribution >= 4 is 38.9 Å². The zero-order valence-corrected chi connectivity index (χ0v) is 22.7. The van der Waals surface area contributed by atoms with Crippen LogP contribution in [0.2, 0.25) is 5.02 Å². The average molecular weight is 586 g/mol. The number of nitrogens with one attached hydrogen (secondary N) is 2. The van der Waals surface area contributed by atoms with Crippen LogP contribution in [0.25, 0.3) is 0 Å². The van der Waals surface area contributed by atoms with Crippen molar-refractivity contribution in [3.05, 3.63) is 87.3 Å². The van der Waals surface area contributed by atoms with Crippen LogP contribution in [0.4, 0.5) is 13.2 Å². The molecule has 2 N–H and O–H groups in total. The van der Waals surface area contributed by atoms with Gasteiger partial charge in [-0.25, -0.2) is 8.42 Å². The first-order chi connectivity index (χ1) is 18.0. The van der Waals surface area contributed by atoms with E-state index in [1.165, 1.54) is 16.4 Å². The van der Waals surface area contributed by atoms with Gasteiger partial charge in [-0.2, -0.15) is 17.5 Å². The molecule has 0 radical (unpaired) electrons. The summed E-state index contributed by atoms with van der Waals surface area (Å²) in [5.74, 6) is -0.187. The number of sulfonamides is 1. The van der Waals surface area contributed by atoms with Crippen molar-refractivity contribution in [3.8, 4) is 0 Å². The van der Waals surface area contributed by atoms with E-state index in [1.54, 1.807) is 36.4 Å². The fourth-order valence-electron chi connectivity index (χ4n) is 4.23. The Morgan fingerprint density at radius 3 is 2.42 bits per heavy atom. The Balaban J connectivity index is 1.28. The summed E-state index contributed by atoms with van der Waals surface area (Å²) >= 11 is 6.98. The summed E-state index contributed by atoms with van der Waals surface area (Å²) in [7, 11) is -3.68. The van der Waals surface area contributed by atoms with Gasteiger partial charge in [-0.1, -0.05) is 23.7 Å². The quantitative estimate of drug-likeness (QED) is 0.346.